The number of aryl methyl sites for hydroxylation is 1. The van der Waals surface area contributed by atoms with E-state index in [1.54, 1.807) is 0 Å². The summed E-state index contributed by atoms with van der Waals surface area (Å²) in [5, 5.41) is 3.18. The summed E-state index contributed by atoms with van der Waals surface area (Å²) < 4.78 is 6.60. The number of hydrogen-bond donors (Lipinski definition) is 2. The monoisotopic (exact) mass is 336 g/mol. The molecule has 0 aliphatic heterocycles. The Hall–Kier alpha value is -1.82. The molecule has 0 unspecified atom stereocenters. The van der Waals surface area contributed by atoms with E-state index in [1.807, 2.05) is 39.0 Å². The molecule has 1 heterocycles. The highest BCUT2D eigenvalue weighted by molar-refractivity contribution is 9.10. The van der Waals surface area contributed by atoms with E-state index in [9.17, 15) is 0 Å². The molecule has 0 aliphatic rings. The summed E-state index contributed by atoms with van der Waals surface area (Å²) in [4.78, 5) is 8.20. The summed E-state index contributed by atoms with van der Waals surface area (Å²) in [6, 6.07) is 5.93. The van der Waals surface area contributed by atoms with E-state index in [0.717, 1.165) is 15.7 Å². The first-order chi connectivity index (χ1) is 9.47. The van der Waals surface area contributed by atoms with Crippen LogP contribution in [-0.4, -0.2) is 16.1 Å². The van der Waals surface area contributed by atoms with E-state index in [2.05, 4.69) is 31.2 Å². The fourth-order valence-corrected chi connectivity index (χ4v) is 1.90. The van der Waals surface area contributed by atoms with Crippen molar-refractivity contribution in [3.8, 4) is 5.88 Å². The predicted molar refractivity (Wildman–Crippen MR) is 84.4 cm³/mol. The van der Waals surface area contributed by atoms with Gasteiger partial charge in [0, 0.05) is 10.2 Å². The lowest BCUT2D eigenvalue weighted by Gasteiger charge is -2.14. The number of rotatable bonds is 4. The molecule has 0 saturated carbocycles. The average Bonchev–Trinajstić information content (AvgIpc) is 2.38. The molecule has 6 heteroatoms. The summed E-state index contributed by atoms with van der Waals surface area (Å²) in [6.07, 6.45) is 1.44. The predicted octanol–water partition coefficient (Wildman–Crippen LogP) is 3.66. The number of aromatic nitrogens is 2. The van der Waals surface area contributed by atoms with Gasteiger partial charge in [-0.25, -0.2) is 4.98 Å². The van der Waals surface area contributed by atoms with E-state index in [1.165, 1.54) is 6.33 Å². The van der Waals surface area contributed by atoms with Crippen molar-refractivity contribution in [3.05, 3.63) is 34.6 Å². The molecule has 0 spiro atoms. The Bertz CT molecular complexity index is 616. The van der Waals surface area contributed by atoms with E-state index in [0.29, 0.717) is 17.4 Å². The second-order valence-electron chi connectivity index (χ2n) is 4.70. The molecule has 5 nitrogen and oxygen atoms in total. The van der Waals surface area contributed by atoms with Gasteiger partial charge in [-0.05, 0) is 44.5 Å². The molecule has 0 bridgehead atoms. The number of nitrogens with two attached hydrogens (primary N) is 1. The molecule has 1 aromatic carbocycles. The SMILES string of the molecule is Cc1cc(Nc2ncnc(OC(C)C)c2N)ccc1Br. The van der Waals surface area contributed by atoms with Crippen molar-refractivity contribution >= 4 is 33.1 Å². The third-order valence-corrected chi connectivity index (χ3v) is 3.51. The number of hydrogen-bond acceptors (Lipinski definition) is 5. The molecule has 106 valence electrons. The van der Waals surface area contributed by atoms with Crippen LogP contribution in [0.5, 0.6) is 5.88 Å². The number of nitrogens with one attached hydrogen (secondary N) is 1. The molecule has 2 aromatic rings. The quantitative estimate of drug-likeness (QED) is 0.891. The number of nitrogen functional groups attached to an aromatic ring is 1. The number of ether oxygens (including phenoxy) is 1. The topological polar surface area (TPSA) is 73.1 Å². The van der Waals surface area contributed by atoms with Crippen molar-refractivity contribution in [2.24, 2.45) is 0 Å². The lowest BCUT2D eigenvalue weighted by molar-refractivity contribution is 0.234. The third-order valence-electron chi connectivity index (χ3n) is 2.62. The van der Waals surface area contributed by atoms with Gasteiger partial charge in [0.15, 0.2) is 5.82 Å². The second-order valence-corrected chi connectivity index (χ2v) is 5.55. The Morgan fingerprint density at radius 2 is 2.05 bits per heavy atom. The van der Waals surface area contributed by atoms with E-state index in [4.69, 9.17) is 10.5 Å². The maximum atomic E-state index is 6.03. The fraction of sp³-hybridized carbons (Fsp3) is 0.286. The van der Waals surface area contributed by atoms with Crippen LogP contribution in [0.3, 0.4) is 0 Å². The summed E-state index contributed by atoms with van der Waals surface area (Å²) in [6.45, 7) is 5.87. The highest BCUT2D eigenvalue weighted by atomic mass is 79.9. The first-order valence-corrected chi connectivity index (χ1v) is 7.07. The van der Waals surface area contributed by atoms with Crippen LogP contribution in [0.2, 0.25) is 0 Å². The molecular formula is C14H17BrN4O. The largest absolute Gasteiger partial charge is 0.473 e. The smallest absolute Gasteiger partial charge is 0.242 e. The molecule has 3 N–H and O–H groups in total. The Morgan fingerprint density at radius 3 is 2.70 bits per heavy atom. The highest BCUT2D eigenvalue weighted by Gasteiger charge is 2.11. The van der Waals surface area contributed by atoms with Gasteiger partial charge < -0.3 is 15.8 Å². The minimum atomic E-state index is 0.00924. The van der Waals surface area contributed by atoms with Crippen LogP contribution in [0.4, 0.5) is 17.2 Å². The average molecular weight is 337 g/mol. The van der Waals surface area contributed by atoms with Crippen LogP contribution in [0.1, 0.15) is 19.4 Å². The minimum absolute atomic E-state index is 0.00924. The standard InChI is InChI=1S/C14H17BrN4O/c1-8(2)20-14-12(16)13(17-7-18-14)19-10-4-5-11(15)9(3)6-10/h4-8H,16H2,1-3H3,(H,17,18,19). The highest BCUT2D eigenvalue weighted by Crippen LogP contribution is 2.29. The summed E-state index contributed by atoms with van der Waals surface area (Å²) in [7, 11) is 0. The van der Waals surface area contributed by atoms with Crippen molar-refractivity contribution in [1.29, 1.82) is 0 Å². The fourth-order valence-electron chi connectivity index (χ4n) is 1.66. The molecule has 0 saturated heterocycles. The Kier molecular flexibility index (Phi) is 4.44. The zero-order valence-electron chi connectivity index (χ0n) is 11.6. The molecule has 0 radical (unpaired) electrons. The molecule has 20 heavy (non-hydrogen) atoms. The van der Waals surface area contributed by atoms with E-state index in [-0.39, 0.29) is 6.10 Å². The van der Waals surface area contributed by atoms with Crippen LogP contribution in [-0.2, 0) is 0 Å². The van der Waals surface area contributed by atoms with Gasteiger partial charge in [0.1, 0.15) is 12.0 Å². The Balaban J connectivity index is 2.27. The van der Waals surface area contributed by atoms with Crippen molar-refractivity contribution in [2.45, 2.75) is 26.9 Å². The van der Waals surface area contributed by atoms with Crippen molar-refractivity contribution in [3.63, 3.8) is 0 Å². The molecule has 0 amide bonds. The van der Waals surface area contributed by atoms with Crippen LogP contribution >= 0.6 is 15.9 Å². The molecule has 0 fully saturated rings. The first kappa shape index (κ1) is 14.6. The van der Waals surface area contributed by atoms with Gasteiger partial charge in [0.25, 0.3) is 0 Å². The van der Waals surface area contributed by atoms with Gasteiger partial charge in [-0.15, -0.1) is 0 Å². The summed E-state index contributed by atoms with van der Waals surface area (Å²) >= 11 is 3.47. The van der Waals surface area contributed by atoms with Gasteiger partial charge >= 0.3 is 0 Å². The summed E-state index contributed by atoms with van der Waals surface area (Å²) in [5.41, 5.74) is 8.47. The molecule has 1 aromatic heterocycles. The molecule has 0 aliphatic carbocycles. The van der Waals surface area contributed by atoms with Gasteiger partial charge in [0.2, 0.25) is 5.88 Å². The number of benzene rings is 1. The first-order valence-electron chi connectivity index (χ1n) is 6.27. The van der Waals surface area contributed by atoms with E-state index < -0.39 is 0 Å². The van der Waals surface area contributed by atoms with Crippen LogP contribution in [0.15, 0.2) is 29.0 Å². The molecular weight excluding hydrogens is 320 g/mol. The number of halogens is 1. The normalized spacial score (nSPS) is 10.7. The van der Waals surface area contributed by atoms with Gasteiger partial charge in [0.05, 0.1) is 6.10 Å². The minimum Gasteiger partial charge on any atom is -0.473 e. The van der Waals surface area contributed by atoms with Crippen LogP contribution < -0.4 is 15.8 Å². The lowest BCUT2D eigenvalue weighted by atomic mass is 10.2. The lowest BCUT2D eigenvalue weighted by Crippen LogP contribution is -2.10. The molecule has 0 atom stereocenters. The van der Waals surface area contributed by atoms with Crippen LogP contribution in [0.25, 0.3) is 0 Å². The van der Waals surface area contributed by atoms with Crippen molar-refractivity contribution < 1.29 is 4.74 Å². The number of anilines is 3. The van der Waals surface area contributed by atoms with Gasteiger partial charge in [-0.1, -0.05) is 15.9 Å². The zero-order valence-corrected chi connectivity index (χ0v) is 13.2. The summed E-state index contributed by atoms with van der Waals surface area (Å²) in [5.74, 6) is 0.934. The third kappa shape index (κ3) is 3.39. The second kappa shape index (κ2) is 6.09. The van der Waals surface area contributed by atoms with Gasteiger partial charge in [-0.3, -0.25) is 0 Å². The van der Waals surface area contributed by atoms with E-state index >= 15 is 0 Å². The Labute approximate surface area is 126 Å². The maximum Gasteiger partial charge on any atom is 0.242 e. The maximum absolute atomic E-state index is 6.03. The Morgan fingerprint density at radius 1 is 1.30 bits per heavy atom. The zero-order chi connectivity index (χ0) is 14.7. The molecule has 2 rings (SSSR count). The van der Waals surface area contributed by atoms with Gasteiger partial charge in [-0.2, -0.15) is 4.98 Å². The van der Waals surface area contributed by atoms with Crippen molar-refractivity contribution in [1.82, 2.24) is 9.97 Å². The number of nitrogens with zero attached hydrogens (tertiary/aromatic N) is 2. The van der Waals surface area contributed by atoms with Crippen LogP contribution in [0, 0.1) is 6.92 Å². The van der Waals surface area contributed by atoms with Crippen molar-refractivity contribution in [2.75, 3.05) is 11.1 Å².